The first-order valence-electron chi connectivity index (χ1n) is 5.96. The van der Waals surface area contributed by atoms with Crippen LogP contribution in [-0.4, -0.2) is 30.4 Å². The van der Waals surface area contributed by atoms with Gasteiger partial charge in [-0.1, -0.05) is 23.7 Å². The predicted molar refractivity (Wildman–Crippen MR) is 76.4 cm³/mol. The second kappa shape index (κ2) is 6.98. The minimum Gasteiger partial charge on any atom is -0.338 e. The van der Waals surface area contributed by atoms with Crippen molar-refractivity contribution < 1.29 is 4.79 Å². The van der Waals surface area contributed by atoms with Crippen LogP contribution in [0.5, 0.6) is 0 Å². The molecule has 0 bridgehead atoms. The Kier molecular flexibility index (Phi) is 5.93. The number of piperidine rings is 1. The van der Waals surface area contributed by atoms with E-state index in [4.69, 9.17) is 17.3 Å². The van der Waals surface area contributed by atoms with E-state index in [1.54, 1.807) is 12.1 Å². The molecule has 0 saturated carbocycles. The number of rotatable bonds is 2. The summed E-state index contributed by atoms with van der Waals surface area (Å²) in [6.45, 7) is 2.20. The standard InChI is InChI=1S/C13H17ClN2O.ClH/c14-12-6-2-1-5-11(12)13(17)16-7-3-4-10(8-15)9-16;/h1-2,5-6,10H,3-4,7-9,15H2;1H. The van der Waals surface area contributed by atoms with Gasteiger partial charge >= 0.3 is 0 Å². The van der Waals surface area contributed by atoms with E-state index in [0.717, 1.165) is 25.9 Å². The van der Waals surface area contributed by atoms with Crippen molar-refractivity contribution >= 4 is 29.9 Å². The summed E-state index contributed by atoms with van der Waals surface area (Å²) in [5, 5.41) is 0.521. The molecule has 1 heterocycles. The van der Waals surface area contributed by atoms with E-state index in [9.17, 15) is 4.79 Å². The van der Waals surface area contributed by atoms with E-state index in [1.807, 2.05) is 17.0 Å². The number of carbonyl (C=O) groups is 1. The molecule has 1 aliphatic heterocycles. The maximum absolute atomic E-state index is 12.3. The first-order chi connectivity index (χ1) is 8.22. The van der Waals surface area contributed by atoms with E-state index >= 15 is 0 Å². The summed E-state index contributed by atoms with van der Waals surface area (Å²) in [5.41, 5.74) is 6.26. The van der Waals surface area contributed by atoms with Crippen molar-refractivity contribution in [3.05, 3.63) is 34.9 Å². The number of hydrogen-bond acceptors (Lipinski definition) is 2. The van der Waals surface area contributed by atoms with Gasteiger partial charge in [-0.25, -0.2) is 0 Å². The van der Waals surface area contributed by atoms with E-state index < -0.39 is 0 Å². The molecule has 1 unspecified atom stereocenters. The molecule has 0 radical (unpaired) electrons. The number of benzene rings is 1. The Hall–Kier alpha value is -0.770. The zero-order valence-electron chi connectivity index (χ0n) is 10.1. The van der Waals surface area contributed by atoms with Gasteiger partial charge < -0.3 is 10.6 Å². The summed E-state index contributed by atoms with van der Waals surface area (Å²) in [5.74, 6) is 0.448. The second-order valence-electron chi connectivity index (χ2n) is 4.47. The molecular formula is C13H18Cl2N2O. The van der Waals surface area contributed by atoms with Crippen LogP contribution in [0.25, 0.3) is 0 Å². The number of likely N-dealkylation sites (tertiary alicyclic amines) is 1. The molecule has 2 rings (SSSR count). The van der Waals surface area contributed by atoms with Crippen LogP contribution in [0.4, 0.5) is 0 Å². The Morgan fingerprint density at radius 3 is 2.83 bits per heavy atom. The first-order valence-corrected chi connectivity index (χ1v) is 6.34. The van der Waals surface area contributed by atoms with Gasteiger partial charge in [-0.15, -0.1) is 12.4 Å². The largest absolute Gasteiger partial charge is 0.338 e. The highest BCUT2D eigenvalue weighted by Crippen LogP contribution is 2.21. The molecular weight excluding hydrogens is 271 g/mol. The fraction of sp³-hybridized carbons (Fsp3) is 0.462. The third kappa shape index (κ3) is 3.37. The van der Waals surface area contributed by atoms with Crippen molar-refractivity contribution in [1.29, 1.82) is 0 Å². The topological polar surface area (TPSA) is 46.3 Å². The van der Waals surface area contributed by atoms with Crippen molar-refractivity contribution in [2.45, 2.75) is 12.8 Å². The predicted octanol–water partition coefficient (Wildman–Crippen LogP) is 2.57. The van der Waals surface area contributed by atoms with Crippen LogP contribution in [-0.2, 0) is 0 Å². The van der Waals surface area contributed by atoms with Gasteiger partial charge in [0.1, 0.15) is 0 Å². The van der Waals surface area contributed by atoms with Crippen LogP contribution in [0, 0.1) is 5.92 Å². The van der Waals surface area contributed by atoms with Crippen LogP contribution in [0.2, 0.25) is 5.02 Å². The first kappa shape index (κ1) is 15.3. The zero-order chi connectivity index (χ0) is 12.3. The van der Waals surface area contributed by atoms with E-state index in [1.165, 1.54) is 0 Å². The summed E-state index contributed by atoms with van der Waals surface area (Å²) in [6, 6.07) is 7.19. The van der Waals surface area contributed by atoms with E-state index in [2.05, 4.69) is 0 Å². The van der Waals surface area contributed by atoms with Gasteiger partial charge in [0.15, 0.2) is 0 Å². The number of halogens is 2. The molecule has 1 aromatic rings. The molecule has 2 N–H and O–H groups in total. The van der Waals surface area contributed by atoms with Crippen LogP contribution in [0.15, 0.2) is 24.3 Å². The molecule has 1 aromatic carbocycles. The number of hydrogen-bond donors (Lipinski definition) is 1. The maximum Gasteiger partial charge on any atom is 0.255 e. The molecule has 0 aliphatic carbocycles. The molecule has 5 heteroatoms. The van der Waals surface area contributed by atoms with E-state index in [0.29, 0.717) is 23.0 Å². The Balaban J connectivity index is 0.00000162. The Morgan fingerprint density at radius 1 is 1.44 bits per heavy atom. The highest BCUT2D eigenvalue weighted by Gasteiger charge is 2.24. The molecule has 1 atom stereocenters. The molecule has 1 fully saturated rings. The van der Waals surface area contributed by atoms with Crippen molar-refractivity contribution in [2.75, 3.05) is 19.6 Å². The summed E-state index contributed by atoms with van der Waals surface area (Å²) in [7, 11) is 0. The third-order valence-corrected chi connectivity index (χ3v) is 3.57. The SMILES string of the molecule is Cl.NCC1CCCN(C(=O)c2ccccc2Cl)C1. The lowest BCUT2D eigenvalue weighted by atomic mass is 9.97. The van der Waals surface area contributed by atoms with Gasteiger partial charge in [-0.05, 0) is 37.4 Å². The molecule has 0 aromatic heterocycles. The highest BCUT2D eigenvalue weighted by molar-refractivity contribution is 6.33. The van der Waals surface area contributed by atoms with Gasteiger partial charge in [0.25, 0.3) is 5.91 Å². The van der Waals surface area contributed by atoms with Crippen LogP contribution in [0.3, 0.4) is 0 Å². The molecule has 1 saturated heterocycles. The summed E-state index contributed by atoms with van der Waals surface area (Å²) < 4.78 is 0. The van der Waals surface area contributed by atoms with Crippen LogP contribution < -0.4 is 5.73 Å². The van der Waals surface area contributed by atoms with Crippen LogP contribution in [0.1, 0.15) is 23.2 Å². The fourth-order valence-electron chi connectivity index (χ4n) is 2.25. The van der Waals surface area contributed by atoms with Gasteiger partial charge in [-0.2, -0.15) is 0 Å². The van der Waals surface area contributed by atoms with Crippen molar-refractivity contribution in [2.24, 2.45) is 11.7 Å². The molecule has 18 heavy (non-hydrogen) atoms. The van der Waals surface area contributed by atoms with Crippen LogP contribution >= 0.6 is 24.0 Å². The fourth-order valence-corrected chi connectivity index (χ4v) is 2.46. The average molecular weight is 289 g/mol. The minimum atomic E-state index is 0. The number of nitrogens with zero attached hydrogens (tertiary/aromatic N) is 1. The lowest BCUT2D eigenvalue weighted by Crippen LogP contribution is -2.42. The molecule has 3 nitrogen and oxygen atoms in total. The monoisotopic (exact) mass is 288 g/mol. The minimum absolute atomic E-state index is 0. The van der Waals surface area contributed by atoms with Crippen molar-refractivity contribution in [1.82, 2.24) is 4.90 Å². The lowest BCUT2D eigenvalue weighted by Gasteiger charge is -2.32. The Labute approximate surface area is 119 Å². The Bertz CT molecular complexity index is 412. The highest BCUT2D eigenvalue weighted by atomic mass is 35.5. The van der Waals surface area contributed by atoms with Gasteiger partial charge in [-0.3, -0.25) is 4.79 Å². The normalized spacial score (nSPS) is 19.2. The number of carbonyl (C=O) groups excluding carboxylic acids is 1. The van der Waals surface area contributed by atoms with Gasteiger partial charge in [0.2, 0.25) is 0 Å². The summed E-state index contributed by atoms with van der Waals surface area (Å²) in [4.78, 5) is 14.1. The molecule has 100 valence electrons. The Morgan fingerprint density at radius 2 is 2.17 bits per heavy atom. The number of nitrogens with two attached hydrogens (primary N) is 1. The number of amides is 1. The average Bonchev–Trinajstić information content (AvgIpc) is 2.38. The van der Waals surface area contributed by atoms with Crippen molar-refractivity contribution in [3.8, 4) is 0 Å². The zero-order valence-corrected chi connectivity index (χ0v) is 11.7. The second-order valence-corrected chi connectivity index (χ2v) is 4.88. The molecule has 1 amide bonds. The van der Waals surface area contributed by atoms with Crippen molar-refractivity contribution in [3.63, 3.8) is 0 Å². The summed E-state index contributed by atoms with van der Waals surface area (Å²) >= 11 is 6.04. The van der Waals surface area contributed by atoms with E-state index in [-0.39, 0.29) is 18.3 Å². The quantitative estimate of drug-likeness (QED) is 0.909. The third-order valence-electron chi connectivity index (χ3n) is 3.24. The maximum atomic E-state index is 12.3. The smallest absolute Gasteiger partial charge is 0.255 e. The molecule has 1 aliphatic rings. The summed E-state index contributed by atoms with van der Waals surface area (Å²) in [6.07, 6.45) is 2.14. The molecule has 0 spiro atoms. The lowest BCUT2D eigenvalue weighted by molar-refractivity contribution is 0.0678. The van der Waals surface area contributed by atoms with Gasteiger partial charge in [0.05, 0.1) is 10.6 Å². The van der Waals surface area contributed by atoms with Gasteiger partial charge in [0, 0.05) is 13.1 Å².